The number of hydrogen-bond donors (Lipinski definition) is 1. The van der Waals surface area contributed by atoms with Gasteiger partial charge < -0.3 is 5.32 Å². The molecule has 0 unspecified atom stereocenters. The minimum Gasteiger partial charge on any atom is -0.302 e. The third kappa shape index (κ3) is 5.29. The summed E-state index contributed by atoms with van der Waals surface area (Å²) in [6.07, 6.45) is 10.9. The van der Waals surface area contributed by atoms with Crippen LogP contribution in [0.2, 0.25) is 0 Å². The lowest BCUT2D eigenvalue weighted by molar-refractivity contribution is -0.121. The van der Waals surface area contributed by atoms with Gasteiger partial charge in [-0.05, 0) is 62.6 Å². The van der Waals surface area contributed by atoms with Crippen LogP contribution in [0.4, 0.5) is 5.13 Å². The zero-order valence-corrected chi connectivity index (χ0v) is 19.9. The number of nitrogens with zero attached hydrogens (tertiary/aromatic N) is 2. The van der Waals surface area contributed by atoms with Gasteiger partial charge in [0.05, 0.1) is 15.1 Å². The normalized spacial score (nSPS) is 23.1. The number of piperidine rings is 1. The van der Waals surface area contributed by atoms with Gasteiger partial charge in [-0.3, -0.25) is 4.79 Å². The van der Waals surface area contributed by atoms with Gasteiger partial charge in [0.2, 0.25) is 15.9 Å². The summed E-state index contributed by atoms with van der Waals surface area (Å²) in [6, 6.07) is 5.08. The second-order valence-electron chi connectivity index (χ2n) is 8.96. The van der Waals surface area contributed by atoms with Crippen molar-refractivity contribution in [1.29, 1.82) is 0 Å². The number of sulfonamides is 1. The fraction of sp³-hybridized carbons (Fsp3) is 0.652. The highest BCUT2D eigenvalue weighted by molar-refractivity contribution is 7.89. The van der Waals surface area contributed by atoms with Gasteiger partial charge in [0.25, 0.3) is 0 Å². The van der Waals surface area contributed by atoms with Crippen LogP contribution in [-0.4, -0.2) is 36.7 Å². The van der Waals surface area contributed by atoms with E-state index in [0.717, 1.165) is 61.1 Å². The van der Waals surface area contributed by atoms with E-state index in [4.69, 9.17) is 0 Å². The van der Waals surface area contributed by atoms with Crippen molar-refractivity contribution in [2.45, 2.75) is 76.0 Å². The summed E-state index contributed by atoms with van der Waals surface area (Å²) >= 11 is 1.35. The molecule has 2 aliphatic rings. The predicted molar refractivity (Wildman–Crippen MR) is 126 cm³/mol. The fourth-order valence-corrected chi connectivity index (χ4v) is 7.31. The lowest BCUT2D eigenvalue weighted by atomic mass is 9.79. The number of benzene rings is 1. The van der Waals surface area contributed by atoms with Crippen molar-refractivity contribution in [1.82, 2.24) is 9.29 Å². The van der Waals surface area contributed by atoms with Gasteiger partial charge in [0.15, 0.2) is 5.13 Å². The van der Waals surface area contributed by atoms with E-state index in [2.05, 4.69) is 17.2 Å². The largest absolute Gasteiger partial charge is 0.302 e. The number of carbonyl (C=O) groups is 1. The van der Waals surface area contributed by atoms with E-state index >= 15 is 0 Å². The number of aromatic nitrogens is 1. The molecule has 1 aromatic carbocycles. The van der Waals surface area contributed by atoms with E-state index in [1.807, 2.05) is 0 Å². The smallest absolute Gasteiger partial charge is 0.243 e. The standard InChI is InChI=1S/C23H33N3O3S2/c1-2-3-7-17-8-10-18(11-9-17)22(27)25-23-24-20-13-12-19(16-21(20)30-23)31(28,29)26-14-5-4-6-15-26/h12-13,16-18H,2-11,14-15H2,1H3,(H,24,25,27). The molecule has 0 bridgehead atoms. The van der Waals surface area contributed by atoms with Crippen molar-refractivity contribution in [2.75, 3.05) is 18.4 Å². The summed E-state index contributed by atoms with van der Waals surface area (Å²) in [5.41, 5.74) is 0.723. The highest BCUT2D eigenvalue weighted by Gasteiger charge is 2.28. The summed E-state index contributed by atoms with van der Waals surface area (Å²) in [6.45, 7) is 3.40. The molecule has 1 aliphatic carbocycles. The summed E-state index contributed by atoms with van der Waals surface area (Å²) in [4.78, 5) is 17.6. The number of rotatable bonds is 7. The lowest BCUT2D eigenvalue weighted by Crippen LogP contribution is -2.35. The molecule has 2 fully saturated rings. The fourth-order valence-electron chi connectivity index (χ4n) is 4.79. The first-order valence-corrected chi connectivity index (χ1v) is 13.9. The highest BCUT2D eigenvalue weighted by Crippen LogP contribution is 2.34. The first kappa shape index (κ1) is 22.7. The molecule has 0 radical (unpaired) electrons. The molecule has 1 amide bonds. The van der Waals surface area contributed by atoms with Crippen LogP contribution in [0.1, 0.15) is 71.1 Å². The second-order valence-corrected chi connectivity index (χ2v) is 11.9. The summed E-state index contributed by atoms with van der Waals surface area (Å²) in [5.74, 6) is 0.876. The number of thiazole rings is 1. The second kappa shape index (κ2) is 9.96. The quantitative estimate of drug-likeness (QED) is 0.596. The zero-order valence-electron chi connectivity index (χ0n) is 18.3. The topological polar surface area (TPSA) is 79.4 Å². The average Bonchev–Trinajstić information content (AvgIpc) is 3.20. The molecule has 170 valence electrons. The zero-order chi connectivity index (χ0) is 21.8. The van der Waals surface area contributed by atoms with E-state index < -0.39 is 10.0 Å². The molecule has 1 saturated heterocycles. The van der Waals surface area contributed by atoms with Gasteiger partial charge in [0.1, 0.15) is 0 Å². The molecule has 8 heteroatoms. The van der Waals surface area contributed by atoms with Gasteiger partial charge in [-0.15, -0.1) is 0 Å². The van der Waals surface area contributed by atoms with Crippen LogP contribution >= 0.6 is 11.3 Å². The number of hydrogen-bond acceptors (Lipinski definition) is 5. The van der Waals surface area contributed by atoms with E-state index in [1.165, 1.54) is 30.6 Å². The molecular weight excluding hydrogens is 430 g/mol. The van der Waals surface area contributed by atoms with Crippen molar-refractivity contribution >= 4 is 42.6 Å². The SMILES string of the molecule is CCCCC1CCC(C(=O)Nc2nc3ccc(S(=O)(=O)N4CCCCC4)cc3s2)CC1. The molecule has 1 saturated carbocycles. The number of anilines is 1. The van der Waals surface area contributed by atoms with Gasteiger partial charge in [0, 0.05) is 19.0 Å². The lowest BCUT2D eigenvalue weighted by Gasteiger charge is -2.27. The van der Waals surface area contributed by atoms with Crippen molar-refractivity contribution in [3.63, 3.8) is 0 Å². The number of nitrogens with one attached hydrogen (secondary N) is 1. The van der Waals surface area contributed by atoms with E-state index in [9.17, 15) is 13.2 Å². The molecule has 6 nitrogen and oxygen atoms in total. The van der Waals surface area contributed by atoms with Crippen LogP contribution in [0.25, 0.3) is 10.2 Å². The maximum Gasteiger partial charge on any atom is 0.243 e. The van der Waals surface area contributed by atoms with E-state index in [-0.39, 0.29) is 11.8 Å². The monoisotopic (exact) mass is 463 g/mol. The first-order chi connectivity index (χ1) is 15.0. The molecule has 1 N–H and O–H groups in total. The average molecular weight is 464 g/mol. The Morgan fingerprint density at radius 2 is 1.90 bits per heavy atom. The number of fused-ring (bicyclic) bond motifs is 1. The van der Waals surface area contributed by atoms with Gasteiger partial charge in [-0.25, -0.2) is 13.4 Å². The molecule has 2 heterocycles. The maximum atomic E-state index is 13.0. The summed E-state index contributed by atoms with van der Waals surface area (Å²) < 4.78 is 28.3. The van der Waals surface area contributed by atoms with Gasteiger partial charge in [-0.2, -0.15) is 4.31 Å². The van der Waals surface area contributed by atoms with Gasteiger partial charge in [-0.1, -0.05) is 43.9 Å². The van der Waals surface area contributed by atoms with Crippen LogP contribution < -0.4 is 5.32 Å². The Morgan fingerprint density at radius 3 is 2.61 bits per heavy atom. The van der Waals surface area contributed by atoms with Crippen LogP contribution in [0.15, 0.2) is 23.1 Å². The Kier molecular flexibility index (Phi) is 7.29. The molecule has 1 aliphatic heterocycles. The van der Waals surface area contributed by atoms with Crippen LogP contribution in [-0.2, 0) is 14.8 Å². The van der Waals surface area contributed by atoms with Crippen molar-refractivity contribution in [3.8, 4) is 0 Å². The third-order valence-corrected chi connectivity index (χ3v) is 9.55. The molecule has 31 heavy (non-hydrogen) atoms. The number of amides is 1. The van der Waals surface area contributed by atoms with Crippen LogP contribution in [0, 0.1) is 11.8 Å². The van der Waals surface area contributed by atoms with Crippen LogP contribution in [0.3, 0.4) is 0 Å². The van der Waals surface area contributed by atoms with Crippen molar-refractivity contribution in [2.24, 2.45) is 11.8 Å². The number of carbonyl (C=O) groups excluding carboxylic acids is 1. The minimum absolute atomic E-state index is 0.0501. The van der Waals surface area contributed by atoms with Crippen molar-refractivity contribution in [3.05, 3.63) is 18.2 Å². The molecule has 1 aromatic heterocycles. The Labute approximate surface area is 189 Å². The third-order valence-electron chi connectivity index (χ3n) is 6.73. The maximum absolute atomic E-state index is 13.0. The molecule has 2 aromatic rings. The molecular formula is C23H33N3O3S2. The Morgan fingerprint density at radius 1 is 1.16 bits per heavy atom. The molecule has 4 rings (SSSR count). The number of unbranched alkanes of at least 4 members (excludes halogenated alkanes) is 1. The highest BCUT2D eigenvalue weighted by atomic mass is 32.2. The first-order valence-electron chi connectivity index (χ1n) is 11.7. The Bertz CT molecular complexity index is 1000. The van der Waals surface area contributed by atoms with E-state index in [0.29, 0.717) is 23.1 Å². The van der Waals surface area contributed by atoms with Crippen molar-refractivity contribution < 1.29 is 13.2 Å². The van der Waals surface area contributed by atoms with Crippen LogP contribution in [0.5, 0.6) is 0 Å². The molecule has 0 atom stereocenters. The van der Waals surface area contributed by atoms with Gasteiger partial charge >= 0.3 is 0 Å². The Balaban J connectivity index is 1.41. The minimum atomic E-state index is -3.47. The van der Waals surface area contributed by atoms with E-state index in [1.54, 1.807) is 22.5 Å². The summed E-state index contributed by atoms with van der Waals surface area (Å²) in [5, 5.41) is 3.55. The predicted octanol–water partition coefficient (Wildman–Crippen LogP) is 5.41. The summed E-state index contributed by atoms with van der Waals surface area (Å²) in [7, 11) is -3.47. The Hall–Kier alpha value is -1.51. The molecule has 0 spiro atoms.